The Hall–Kier alpha value is -1.62. The highest BCUT2D eigenvalue weighted by molar-refractivity contribution is 7.71. The lowest BCUT2D eigenvalue weighted by atomic mass is 10.3. The van der Waals surface area contributed by atoms with E-state index in [1.165, 1.54) is 0 Å². The maximum absolute atomic E-state index is 5.55. The summed E-state index contributed by atoms with van der Waals surface area (Å²) >= 11 is 5.01. The molecule has 0 aliphatic carbocycles. The fourth-order valence-corrected chi connectivity index (χ4v) is 1.26. The van der Waals surface area contributed by atoms with Crippen LogP contribution in [0.5, 0.6) is 0 Å². The Morgan fingerprint density at radius 3 is 2.54 bits per heavy atom. The summed E-state index contributed by atoms with van der Waals surface area (Å²) in [5.41, 5.74) is 7.19. The van der Waals surface area contributed by atoms with Gasteiger partial charge in [0.05, 0.1) is 5.69 Å². The third-order valence-corrected chi connectivity index (χ3v) is 1.98. The number of aromatic nitrogens is 3. The molecule has 0 atom stereocenters. The Morgan fingerprint density at radius 1 is 1.31 bits per heavy atom. The van der Waals surface area contributed by atoms with E-state index in [-0.39, 0.29) is 0 Å². The lowest BCUT2D eigenvalue weighted by Crippen LogP contribution is -1.96. The van der Waals surface area contributed by atoms with E-state index in [0.29, 0.717) is 4.77 Å². The molecule has 1 aromatic heterocycles. The molecule has 0 aliphatic rings. The second-order valence-corrected chi connectivity index (χ2v) is 2.98. The van der Waals surface area contributed by atoms with Crippen LogP contribution in [-0.4, -0.2) is 14.8 Å². The van der Waals surface area contributed by atoms with Gasteiger partial charge in [-0.3, -0.25) is 0 Å². The molecule has 0 saturated carbocycles. The highest BCUT2D eigenvalue weighted by Crippen LogP contribution is 2.09. The first-order valence-corrected chi connectivity index (χ1v) is 4.17. The number of nitrogens with zero attached hydrogens (tertiary/aromatic N) is 2. The minimum atomic E-state index is 0.574. The van der Waals surface area contributed by atoms with E-state index < -0.39 is 0 Å². The number of aromatic amines is 1. The van der Waals surface area contributed by atoms with Crippen molar-refractivity contribution in [3.05, 3.63) is 35.4 Å². The van der Waals surface area contributed by atoms with Crippen molar-refractivity contribution in [3.8, 4) is 5.69 Å². The summed E-state index contributed by atoms with van der Waals surface area (Å²) in [6.07, 6.45) is 1.55. The maximum atomic E-state index is 5.55. The zero-order chi connectivity index (χ0) is 9.26. The van der Waals surface area contributed by atoms with Crippen LogP contribution in [0.4, 0.5) is 5.69 Å². The average molecular weight is 192 g/mol. The topological polar surface area (TPSA) is 59.6 Å². The summed E-state index contributed by atoms with van der Waals surface area (Å²) in [7, 11) is 0. The maximum Gasteiger partial charge on any atom is 0.199 e. The standard InChI is InChI=1S/C8H8N4S/c9-6-1-3-7(4-2-6)12-8(13)10-5-11-12/h1-5H,9H2,(H,10,11,13). The molecule has 0 amide bonds. The minimum absolute atomic E-state index is 0.574. The van der Waals surface area contributed by atoms with Crippen molar-refractivity contribution in [2.45, 2.75) is 0 Å². The van der Waals surface area contributed by atoms with Crippen molar-refractivity contribution in [1.29, 1.82) is 0 Å². The molecule has 2 aromatic rings. The number of anilines is 1. The van der Waals surface area contributed by atoms with Gasteiger partial charge in [0.25, 0.3) is 0 Å². The summed E-state index contributed by atoms with van der Waals surface area (Å²) in [5.74, 6) is 0. The van der Waals surface area contributed by atoms with Crippen LogP contribution in [-0.2, 0) is 0 Å². The first kappa shape index (κ1) is 8.00. The van der Waals surface area contributed by atoms with Gasteiger partial charge in [0.1, 0.15) is 6.33 Å². The highest BCUT2D eigenvalue weighted by atomic mass is 32.1. The molecule has 13 heavy (non-hydrogen) atoms. The molecule has 0 saturated heterocycles. The lowest BCUT2D eigenvalue weighted by Gasteiger charge is -1.99. The van der Waals surface area contributed by atoms with Gasteiger partial charge in [-0.1, -0.05) is 0 Å². The van der Waals surface area contributed by atoms with E-state index in [2.05, 4.69) is 10.1 Å². The van der Waals surface area contributed by atoms with Gasteiger partial charge in [-0.2, -0.15) is 5.10 Å². The van der Waals surface area contributed by atoms with E-state index in [9.17, 15) is 0 Å². The molecule has 3 N–H and O–H groups in total. The second-order valence-electron chi connectivity index (χ2n) is 2.60. The Bertz CT molecular complexity index is 453. The number of rotatable bonds is 1. The van der Waals surface area contributed by atoms with Gasteiger partial charge in [0.15, 0.2) is 4.77 Å². The summed E-state index contributed by atoms with van der Waals surface area (Å²) in [6.45, 7) is 0. The van der Waals surface area contributed by atoms with E-state index in [4.69, 9.17) is 18.0 Å². The number of hydrogen-bond donors (Lipinski definition) is 2. The highest BCUT2D eigenvalue weighted by Gasteiger charge is 1.97. The molecule has 66 valence electrons. The number of nitrogens with two attached hydrogens (primary N) is 1. The van der Waals surface area contributed by atoms with Gasteiger partial charge in [0, 0.05) is 5.69 Å². The Kier molecular flexibility index (Phi) is 1.86. The minimum Gasteiger partial charge on any atom is -0.399 e. The van der Waals surface area contributed by atoms with Crippen molar-refractivity contribution in [2.75, 3.05) is 5.73 Å². The predicted octanol–water partition coefficient (Wildman–Crippen LogP) is 1.51. The van der Waals surface area contributed by atoms with Crippen molar-refractivity contribution in [1.82, 2.24) is 14.8 Å². The van der Waals surface area contributed by atoms with E-state index in [0.717, 1.165) is 11.4 Å². The fraction of sp³-hybridized carbons (Fsp3) is 0. The average Bonchev–Trinajstić information content (AvgIpc) is 2.53. The molecular weight excluding hydrogens is 184 g/mol. The second kappa shape index (κ2) is 3.02. The van der Waals surface area contributed by atoms with Crippen LogP contribution < -0.4 is 5.73 Å². The van der Waals surface area contributed by atoms with Crippen molar-refractivity contribution < 1.29 is 0 Å². The fourth-order valence-electron chi connectivity index (χ4n) is 1.05. The predicted molar refractivity (Wildman–Crippen MR) is 53.2 cm³/mol. The zero-order valence-corrected chi connectivity index (χ0v) is 7.58. The SMILES string of the molecule is Nc1ccc(-n2nc[nH]c2=S)cc1. The molecule has 0 radical (unpaired) electrons. The van der Waals surface area contributed by atoms with Gasteiger partial charge >= 0.3 is 0 Å². The van der Waals surface area contributed by atoms with Gasteiger partial charge in [0.2, 0.25) is 0 Å². The van der Waals surface area contributed by atoms with Crippen LogP contribution in [0.1, 0.15) is 0 Å². The molecule has 1 heterocycles. The molecule has 0 spiro atoms. The van der Waals surface area contributed by atoms with Crippen LogP contribution in [0.15, 0.2) is 30.6 Å². The largest absolute Gasteiger partial charge is 0.399 e. The third-order valence-electron chi connectivity index (χ3n) is 1.69. The van der Waals surface area contributed by atoms with Gasteiger partial charge in [-0.05, 0) is 36.5 Å². The van der Waals surface area contributed by atoms with Gasteiger partial charge < -0.3 is 10.7 Å². The van der Waals surface area contributed by atoms with Crippen LogP contribution in [0.2, 0.25) is 0 Å². The third kappa shape index (κ3) is 1.46. The lowest BCUT2D eigenvalue weighted by molar-refractivity contribution is 0.866. The van der Waals surface area contributed by atoms with Crippen LogP contribution in [0.3, 0.4) is 0 Å². The molecule has 5 heteroatoms. The van der Waals surface area contributed by atoms with Crippen molar-refractivity contribution in [3.63, 3.8) is 0 Å². The van der Waals surface area contributed by atoms with E-state index in [1.54, 1.807) is 11.0 Å². The molecule has 0 unspecified atom stereocenters. The molecule has 0 bridgehead atoms. The zero-order valence-electron chi connectivity index (χ0n) is 6.77. The molecule has 0 fully saturated rings. The molecule has 1 aromatic carbocycles. The molecule has 4 nitrogen and oxygen atoms in total. The number of hydrogen-bond acceptors (Lipinski definition) is 3. The van der Waals surface area contributed by atoms with Crippen molar-refractivity contribution in [2.24, 2.45) is 0 Å². The monoisotopic (exact) mass is 192 g/mol. The number of benzene rings is 1. The number of nitrogens with one attached hydrogen (secondary N) is 1. The van der Waals surface area contributed by atoms with E-state index in [1.807, 2.05) is 24.3 Å². The number of nitrogen functional groups attached to an aromatic ring is 1. The first-order valence-electron chi connectivity index (χ1n) is 3.76. The van der Waals surface area contributed by atoms with Crippen molar-refractivity contribution >= 4 is 17.9 Å². The van der Waals surface area contributed by atoms with Crippen LogP contribution >= 0.6 is 12.2 Å². The Balaban J connectivity index is 2.54. The summed E-state index contributed by atoms with van der Waals surface area (Å²) < 4.78 is 2.21. The summed E-state index contributed by atoms with van der Waals surface area (Å²) in [5, 5.41) is 4.03. The van der Waals surface area contributed by atoms with Crippen LogP contribution in [0.25, 0.3) is 5.69 Å². The van der Waals surface area contributed by atoms with Gasteiger partial charge in [-0.25, -0.2) is 4.68 Å². The Morgan fingerprint density at radius 2 is 2.00 bits per heavy atom. The van der Waals surface area contributed by atoms with E-state index >= 15 is 0 Å². The number of H-pyrrole nitrogens is 1. The molecule has 0 aliphatic heterocycles. The normalized spacial score (nSPS) is 10.2. The first-order chi connectivity index (χ1) is 6.27. The van der Waals surface area contributed by atoms with Crippen LogP contribution in [0, 0.1) is 4.77 Å². The Labute approximate surface area is 80.0 Å². The van der Waals surface area contributed by atoms with Gasteiger partial charge in [-0.15, -0.1) is 0 Å². The smallest absolute Gasteiger partial charge is 0.199 e. The summed E-state index contributed by atoms with van der Waals surface area (Å²) in [4.78, 5) is 2.82. The molecule has 2 rings (SSSR count). The molecular formula is C8H8N4S. The quantitative estimate of drug-likeness (QED) is 0.532. The summed E-state index contributed by atoms with van der Waals surface area (Å²) in [6, 6.07) is 7.36.